The molecule has 0 amide bonds. The number of fused-ring (bicyclic) bond motifs is 4. The molecule has 0 unspecified atom stereocenters. The Hall–Kier alpha value is -2.65. The van der Waals surface area contributed by atoms with Gasteiger partial charge in [-0.25, -0.2) is 0 Å². The summed E-state index contributed by atoms with van der Waals surface area (Å²) in [6.07, 6.45) is 0. The van der Waals surface area contributed by atoms with Gasteiger partial charge in [0.05, 0.1) is 16.3 Å². The number of hydrogen-bond donors (Lipinski definition) is 0. The molecule has 5 rings (SSSR count). The predicted molar refractivity (Wildman–Crippen MR) is 109 cm³/mol. The molecule has 2 heterocycles. The molecule has 0 atom stereocenters. The highest BCUT2D eigenvalue weighted by Crippen LogP contribution is 2.55. The summed E-state index contributed by atoms with van der Waals surface area (Å²) in [5.41, 5.74) is 7.03. The maximum Gasteiger partial charge on any atom is 0.219 e. The Labute approximate surface area is 157 Å². The summed E-state index contributed by atoms with van der Waals surface area (Å²) in [5.74, 6) is 0.918. The van der Waals surface area contributed by atoms with Gasteiger partial charge in [0.25, 0.3) is 0 Å². The lowest BCUT2D eigenvalue weighted by Gasteiger charge is -2.30. The third-order valence-corrected chi connectivity index (χ3v) is 6.05. The van der Waals surface area contributed by atoms with Crippen molar-refractivity contribution in [2.24, 2.45) is 0 Å². The van der Waals surface area contributed by atoms with Crippen LogP contribution in [0.1, 0.15) is 16.7 Å². The first-order chi connectivity index (χ1) is 12.6. The third-order valence-electron chi connectivity index (χ3n) is 4.91. The van der Waals surface area contributed by atoms with Gasteiger partial charge in [-0.2, -0.15) is 0 Å². The third kappa shape index (κ3) is 2.27. The fraction of sp³-hybridized carbons (Fsp3) is 0.130. The van der Waals surface area contributed by atoms with Crippen LogP contribution in [0, 0.1) is 20.8 Å². The largest absolute Gasteiger partial charge is 0.439 e. The molecule has 3 heteroatoms. The Morgan fingerprint density at radius 3 is 2.42 bits per heavy atom. The molecule has 26 heavy (non-hydrogen) atoms. The van der Waals surface area contributed by atoms with Crippen molar-refractivity contribution in [1.29, 1.82) is 0 Å². The number of aryl methyl sites for hydroxylation is 3. The van der Waals surface area contributed by atoms with Crippen LogP contribution in [-0.4, -0.2) is 0 Å². The summed E-state index contributed by atoms with van der Waals surface area (Å²) < 4.78 is 6.36. The van der Waals surface area contributed by atoms with Gasteiger partial charge in [0.2, 0.25) is 5.88 Å². The quantitative estimate of drug-likeness (QED) is 0.313. The van der Waals surface area contributed by atoms with Crippen molar-refractivity contribution in [1.82, 2.24) is 0 Å². The number of rotatable bonds is 1. The first-order valence-electron chi connectivity index (χ1n) is 8.79. The molecule has 0 radical (unpaired) electrons. The van der Waals surface area contributed by atoms with Crippen molar-refractivity contribution in [3.05, 3.63) is 77.4 Å². The molecule has 0 fully saturated rings. The van der Waals surface area contributed by atoms with Gasteiger partial charge < -0.3 is 4.42 Å². The molecule has 0 saturated carbocycles. The molecule has 1 aliphatic heterocycles. The maximum absolute atomic E-state index is 6.36. The molecule has 0 N–H and O–H groups in total. The minimum Gasteiger partial charge on any atom is -0.439 e. The second-order valence-electron chi connectivity index (χ2n) is 6.93. The smallest absolute Gasteiger partial charge is 0.219 e. The van der Waals surface area contributed by atoms with Crippen LogP contribution < -0.4 is 4.90 Å². The zero-order chi connectivity index (χ0) is 17.8. The van der Waals surface area contributed by atoms with E-state index in [1.54, 1.807) is 0 Å². The number of para-hydroxylation sites is 1. The number of hydrogen-bond acceptors (Lipinski definition) is 3. The molecular formula is C23H19NOS. The van der Waals surface area contributed by atoms with Crippen LogP contribution in [-0.2, 0) is 0 Å². The van der Waals surface area contributed by atoms with E-state index >= 15 is 0 Å². The van der Waals surface area contributed by atoms with Crippen LogP contribution in [0.5, 0.6) is 0 Å². The Bertz CT molecular complexity index is 1160. The summed E-state index contributed by atoms with van der Waals surface area (Å²) in [4.78, 5) is 4.74. The van der Waals surface area contributed by atoms with Crippen molar-refractivity contribution in [3.63, 3.8) is 0 Å². The normalized spacial score (nSPS) is 13.0. The van der Waals surface area contributed by atoms with E-state index in [-0.39, 0.29) is 0 Å². The number of benzene rings is 3. The Morgan fingerprint density at radius 1 is 0.808 bits per heavy atom. The second-order valence-corrected chi connectivity index (χ2v) is 7.98. The van der Waals surface area contributed by atoms with Crippen molar-refractivity contribution in [3.8, 4) is 0 Å². The molecular weight excluding hydrogens is 338 g/mol. The van der Waals surface area contributed by atoms with Crippen molar-refractivity contribution in [2.45, 2.75) is 30.6 Å². The molecule has 1 aliphatic rings. The molecule has 0 aliphatic carbocycles. The van der Waals surface area contributed by atoms with Gasteiger partial charge in [0, 0.05) is 10.3 Å². The first kappa shape index (κ1) is 15.6. The molecule has 0 saturated heterocycles. The van der Waals surface area contributed by atoms with Crippen LogP contribution in [0.2, 0.25) is 0 Å². The Balaban J connectivity index is 1.84. The molecule has 4 aromatic rings. The molecule has 2 nitrogen and oxygen atoms in total. The summed E-state index contributed by atoms with van der Waals surface area (Å²) in [6, 6.07) is 21.5. The van der Waals surface area contributed by atoms with Gasteiger partial charge in [-0.3, -0.25) is 4.90 Å². The van der Waals surface area contributed by atoms with Crippen LogP contribution in [0.3, 0.4) is 0 Å². The Kier molecular flexibility index (Phi) is 3.41. The lowest BCUT2D eigenvalue weighted by Crippen LogP contribution is -2.14. The van der Waals surface area contributed by atoms with E-state index in [0.29, 0.717) is 0 Å². The van der Waals surface area contributed by atoms with Gasteiger partial charge in [-0.15, -0.1) is 0 Å². The highest BCUT2D eigenvalue weighted by Gasteiger charge is 2.31. The second kappa shape index (κ2) is 5.68. The monoisotopic (exact) mass is 357 g/mol. The highest BCUT2D eigenvalue weighted by molar-refractivity contribution is 8.00. The van der Waals surface area contributed by atoms with E-state index in [2.05, 4.69) is 86.3 Å². The standard InChI is InChI=1S/C23H19NOS/c1-14-9-11-20-17(12-14)22-23(25-20)24(18-7-5-4-6-16(18)3)19-10-8-15(2)13-21(19)26-22/h4-13H,1-3H3. The number of furan rings is 1. The molecule has 0 spiro atoms. The Morgan fingerprint density at radius 2 is 1.58 bits per heavy atom. The molecule has 1 aromatic heterocycles. The highest BCUT2D eigenvalue weighted by atomic mass is 32.2. The zero-order valence-electron chi connectivity index (χ0n) is 15.0. The average Bonchev–Trinajstić information content (AvgIpc) is 2.98. The van der Waals surface area contributed by atoms with Crippen molar-refractivity contribution >= 4 is 40.0 Å². The van der Waals surface area contributed by atoms with Crippen molar-refractivity contribution < 1.29 is 4.42 Å². The van der Waals surface area contributed by atoms with Crippen LogP contribution >= 0.6 is 11.8 Å². The van der Waals surface area contributed by atoms with E-state index in [9.17, 15) is 0 Å². The SMILES string of the molecule is Cc1ccc2c(c1)Sc1c(oc3ccc(C)cc13)N2c1ccccc1C. The van der Waals surface area contributed by atoms with Gasteiger partial charge in [0.1, 0.15) is 5.58 Å². The zero-order valence-corrected chi connectivity index (χ0v) is 15.9. The fourth-order valence-corrected chi connectivity index (χ4v) is 4.80. The fourth-order valence-electron chi connectivity index (χ4n) is 3.58. The first-order valence-corrected chi connectivity index (χ1v) is 9.61. The summed E-state index contributed by atoms with van der Waals surface area (Å²) in [5, 5.41) is 1.19. The topological polar surface area (TPSA) is 16.4 Å². The lowest BCUT2D eigenvalue weighted by atomic mass is 10.1. The number of nitrogens with zero attached hydrogens (tertiary/aromatic N) is 1. The van der Waals surface area contributed by atoms with E-state index in [0.717, 1.165) is 17.2 Å². The van der Waals surface area contributed by atoms with Crippen LogP contribution in [0.4, 0.5) is 17.3 Å². The van der Waals surface area contributed by atoms with Gasteiger partial charge in [0.15, 0.2) is 0 Å². The maximum atomic E-state index is 6.36. The predicted octanol–water partition coefficient (Wildman–Crippen LogP) is 7.29. The van der Waals surface area contributed by atoms with E-state index in [1.165, 1.54) is 37.6 Å². The summed E-state index contributed by atoms with van der Waals surface area (Å²) in [7, 11) is 0. The van der Waals surface area contributed by atoms with E-state index < -0.39 is 0 Å². The van der Waals surface area contributed by atoms with E-state index in [1.807, 2.05) is 11.8 Å². The van der Waals surface area contributed by atoms with Crippen LogP contribution in [0.25, 0.3) is 11.0 Å². The lowest BCUT2D eigenvalue weighted by molar-refractivity contribution is 0.611. The summed E-state index contributed by atoms with van der Waals surface area (Å²) >= 11 is 1.81. The van der Waals surface area contributed by atoms with E-state index in [4.69, 9.17) is 4.42 Å². The molecule has 3 aromatic carbocycles. The van der Waals surface area contributed by atoms with Gasteiger partial charge >= 0.3 is 0 Å². The summed E-state index contributed by atoms with van der Waals surface area (Å²) in [6.45, 7) is 6.42. The minimum atomic E-state index is 0.918. The molecule has 128 valence electrons. The van der Waals surface area contributed by atoms with Crippen molar-refractivity contribution in [2.75, 3.05) is 4.90 Å². The van der Waals surface area contributed by atoms with Crippen LogP contribution in [0.15, 0.2) is 74.9 Å². The van der Waals surface area contributed by atoms with Gasteiger partial charge in [-0.1, -0.05) is 47.7 Å². The average molecular weight is 357 g/mol. The minimum absolute atomic E-state index is 0.918. The molecule has 0 bridgehead atoms. The number of anilines is 3. The van der Waals surface area contributed by atoms with Gasteiger partial charge in [-0.05, 0) is 62.2 Å².